The lowest BCUT2D eigenvalue weighted by Gasteiger charge is -2.30. The van der Waals surface area contributed by atoms with E-state index in [1.807, 2.05) is 6.92 Å². The molecule has 1 N–H and O–H groups in total. The lowest BCUT2D eigenvalue weighted by molar-refractivity contribution is 0.0526. The number of benzene rings is 1. The topological polar surface area (TPSA) is 96.0 Å². The highest BCUT2D eigenvalue weighted by molar-refractivity contribution is 7.89. The van der Waals surface area contributed by atoms with Crippen molar-refractivity contribution >= 4 is 50.6 Å². The fourth-order valence-corrected chi connectivity index (χ4v) is 6.47. The van der Waals surface area contributed by atoms with Crippen molar-refractivity contribution in [3.8, 4) is 0 Å². The molecule has 36 heavy (non-hydrogen) atoms. The zero-order valence-electron chi connectivity index (χ0n) is 21.5. The number of anilines is 1. The number of esters is 1. The van der Waals surface area contributed by atoms with Crippen molar-refractivity contribution in [2.45, 2.75) is 64.4 Å². The Balaban J connectivity index is 0.00000456. The molecular formula is C25H36ClN3O5S2. The van der Waals surface area contributed by atoms with Gasteiger partial charge in [0.25, 0.3) is 5.91 Å². The monoisotopic (exact) mass is 557 g/mol. The number of halogens is 1. The zero-order valence-corrected chi connectivity index (χ0v) is 23.9. The van der Waals surface area contributed by atoms with E-state index in [1.54, 1.807) is 14.0 Å². The van der Waals surface area contributed by atoms with Crippen molar-refractivity contribution in [3.05, 3.63) is 45.8 Å². The summed E-state index contributed by atoms with van der Waals surface area (Å²) in [7, 11) is -2.06. The summed E-state index contributed by atoms with van der Waals surface area (Å²) in [6.45, 7) is 10.3. The maximum absolute atomic E-state index is 13.0. The summed E-state index contributed by atoms with van der Waals surface area (Å²) in [6.07, 6.45) is 2.39. The lowest BCUT2D eigenvalue weighted by Crippen LogP contribution is -2.35. The molecule has 2 aromatic rings. The SMILES string of the molecule is CCCCN(C)S(=O)(=O)c1ccc(C(=O)Nc2sc3c(c2C(=O)OCC)CCN(C(C)C)C3)cc1.Cl. The molecule has 0 bridgehead atoms. The summed E-state index contributed by atoms with van der Waals surface area (Å²) in [5.41, 5.74) is 1.68. The van der Waals surface area contributed by atoms with Gasteiger partial charge in [0.1, 0.15) is 5.00 Å². The standard InChI is InChI=1S/C25H35N3O5S2.ClH/c1-6-8-14-27(5)35(31,32)19-11-9-18(10-12-19)23(29)26-24-22(25(30)33-7-2)20-13-15-28(17(3)4)16-21(20)34-24;/h9-12,17H,6-8,13-16H2,1-5H3,(H,26,29);1H. The molecule has 0 fully saturated rings. The van der Waals surface area contributed by atoms with Crippen molar-refractivity contribution < 1.29 is 22.7 Å². The summed E-state index contributed by atoms with van der Waals surface area (Å²) >= 11 is 1.40. The number of nitrogens with one attached hydrogen (secondary N) is 1. The molecule has 8 nitrogen and oxygen atoms in total. The summed E-state index contributed by atoms with van der Waals surface area (Å²) in [6, 6.07) is 6.25. The number of nitrogens with zero attached hydrogens (tertiary/aromatic N) is 2. The Kier molecular flexibility index (Phi) is 10.9. The zero-order chi connectivity index (χ0) is 25.8. The number of fused-ring (bicyclic) bond motifs is 1. The first kappa shape index (κ1) is 30.2. The summed E-state index contributed by atoms with van der Waals surface area (Å²) in [4.78, 5) is 29.3. The first-order chi connectivity index (χ1) is 16.6. The quantitative estimate of drug-likeness (QED) is 0.422. The fraction of sp³-hybridized carbons (Fsp3) is 0.520. The van der Waals surface area contributed by atoms with Crippen molar-refractivity contribution in [2.75, 3.05) is 32.1 Å². The number of carbonyl (C=O) groups excluding carboxylic acids is 2. The Labute approximate surface area is 224 Å². The molecule has 0 unspecified atom stereocenters. The summed E-state index contributed by atoms with van der Waals surface area (Å²) in [5.74, 6) is -0.840. The highest BCUT2D eigenvalue weighted by atomic mass is 35.5. The Morgan fingerprint density at radius 1 is 1.19 bits per heavy atom. The molecule has 0 aliphatic carbocycles. The van der Waals surface area contributed by atoms with E-state index in [-0.39, 0.29) is 23.9 Å². The Bertz CT molecular complexity index is 1160. The van der Waals surface area contributed by atoms with Gasteiger partial charge in [-0.2, -0.15) is 0 Å². The van der Waals surface area contributed by atoms with E-state index in [2.05, 4.69) is 24.1 Å². The third kappa shape index (κ3) is 6.66. The minimum absolute atomic E-state index is 0. The van der Waals surface area contributed by atoms with E-state index in [0.29, 0.717) is 35.1 Å². The van der Waals surface area contributed by atoms with Crippen LogP contribution in [0.3, 0.4) is 0 Å². The van der Waals surface area contributed by atoms with Crippen LogP contribution in [-0.2, 0) is 27.7 Å². The van der Waals surface area contributed by atoms with Gasteiger partial charge in [0, 0.05) is 43.2 Å². The number of hydrogen-bond donors (Lipinski definition) is 1. The molecule has 11 heteroatoms. The number of amides is 1. The lowest BCUT2D eigenvalue weighted by atomic mass is 10.0. The van der Waals surface area contributed by atoms with E-state index in [0.717, 1.165) is 36.4 Å². The molecule has 1 aliphatic heterocycles. The van der Waals surface area contributed by atoms with Crippen LogP contribution in [0.2, 0.25) is 0 Å². The Hall–Kier alpha value is -1.98. The number of carbonyl (C=O) groups is 2. The summed E-state index contributed by atoms with van der Waals surface area (Å²) in [5, 5.41) is 3.35. The van der Waals surface area contributed by atoms with Gasteiger partial charge in [-0.1, -0.05) is 13.3 Å². The highest BCUT2D eigenvalue weighted by Gasteiger charge is 2.30. The van der Waals surface area contributed by atoms with Crippen molar-refractivity contribution in [2.24, 2.45) is 0 Å². The van der Waals surface area contributed by atoms with Crippen molar-refractivity contribution in [1.29, 1.82) is 0 Å². The first-order valence-corrected chi connectivity index (χ1v) is 14.3. The maximum Gasteiger partial charge on any atom is 0.341 e. The van der Waals surface area contributed by atoms with Gasteiger partial charge in [0.2, 0.25) is 10.0 Å². The van der Waals surface area contributed by atoms with Crippen LogP contribution in [0.15, 0.2) is 29.2 Å². The predicted molar refractivity (Wildman–Crippen MR) is 146 cm³/mol. The number of sulfonamides is 1. The van der Waals surface area contributed by atoms with Gasteiger partial charge in [-0.25, -0.2) is 17.5 Å². The van der Waals surface area contributed by atoms with Crippen LogP contribution in [0.25, 0.3) is 0 Å². The minimum Gasteiger partial charge on any atom is -0.462 e. The highest BCUT2D eigenvalue weighted by Crippen LogP contribution is 2.38. The van der Waals surface area contributed by atoms with Crippen molar-refractivity contribution in [1.82, 2.24) is 9.21 Å². The first-order valence-electron chi connectivity index (χ1n) is 12.0. The van der Waals surface area contributed by atoms with E-state index < -0.39 is 21.9 Å². The van der Waals surface area contributed by atoms with Crippen LogP contribution < -0.4 is 5.32 Å². The predicted octanol–water partition coefficient (Wildman–Crippen LogP) is 4.79. The van der Waals surface area contributed by atoms with Crippen LogP contribution in [0, 0.1) is 0 Å². The van der Waals surface area contributed by atoms with Crippen LogP contribution in [0.5, 0.6) is 0 Å². The number of unbranched alkanes of at least 4 members (excludes halogenated alkanes) is 1. The number of ether oxygens (including phenoxy) is 1. The second kappa shape index (κ2) is 13.0. The molecule has 0 spiro atoms. The molecule has 1 amide bonds. The Morgan fingerprint density at radius 2 is 1.86 bits per heavy atom. The minimum atomic E-state index is -3.61. The molecule has 0 atom stereocenters. The fourth-order valence-electron chi connectivity index (χ4n) is 4.01. The summed E-state index contributed by atoms with van der Waals surface area (Å²) < 4.78 is 32.1. The van der Waals surface area contributed by atoms with Crippen LogP contribution >= 0.6 is 23.7 Å². The molecule has 2 heterocycles. The average molecular weight is 558 g/mol. The number of thiophene rings is 1. The van der Waals surface area contributed by atoms with Crippen LogP contribution in [-0.4, -0.2) is 62.3 Å². The molecule has 3 rings (SSSR count). The van der Waals surface area contributed by atoms with Gasteiger partial charge in [0.05, 0.1) is 17.1 Å². The number of rotatable bonds is 10. The van der Waals surface area contributed by atoms with Gasteiger partial charge < -0.3 is 10.1 Å². The smallest absolute Gasteiger partial charge is 0.341 e. The molecule has 0 radical (unpaired) electrons. The second-order valence-electron chi connectivity index (χ2n) is 8.90. The normalized spacial score (nSPS) is 13.9. The molecule has 200 valence electrons. The van der Waals surface area contributed by atoms with Gasteiger partial charge in [0.15, 0.2) is 0 Å². The van der Waals surface area contributed by atoms with E-state index >= 15 is 0 Å². The van der Waals surface area contributed by atoms with Gasteiger partial charge >= 0.3 is 5.97 Å². The van der Waals surface area contributed by atoms with Gasteiger partial charge in [-0.05, 0) is 63.4 Å². The second-order valence-corrected chi connectivity index (χ2v) is 12.1. The molecule has 1 aromatic heterocycles. The maximum atomic E-state index is 13.0. The van der Waals surface area contributed by atoms with Crippen molar-refractivity contribution in [3.63, 3.8) is 0 Å². The molecule has 0 saturated carbocycles. The third-order valence-electron chi connectivity index (χ3n) is 6.17. The van der Waals surface area contributed by atoms with Crippen LogP contribution in [0.1, 0.15) is 71.7 Å². The Morgan fingerprint density at radius 3 is 2.44 bits per heavy atom. The van der Waals surface area contributed by atoms with Crippen LogP contribution in [0.4, 0.5) is 5.00 Å². The van der Waals surface area contributed by atoms with E-state index in [1.165, 1.54) is 39.9 Å². The average Bonchev–Trinajstić information content (AvgIpc) is 3.19. The molecule has 1 aromatic carbocycles. The number of hydrogen-bond acceptors (Lipinski definition) is 7. The third-order valence-corrected chi connectivity index (χ3v) is 9.18. The van der Waals surface area contributed by atoms with E-state index in [9.17, 15) is 18.0 Å². The molecular weight excluding hydrogens is 522 g/mol. The van der Waals surface area contributed by atoms with Gasteiger partial charge in [-0.3, -0.25) is 9.69 Å². The van der Waals surface area contributed by atoms with E-state index in [4.69, 9.17) is 4.74 Å². The molecule has 0 saturated heterocycles. The van der Waals surface area contributed by atoms with Gasteiger partial charge in [-0.15, -0.1) is 23.7 Å². The molecule has 1 aliphatic rings. The largest absolute Gasteiger partial charge is 0.462 e.